The van der Waals surface area contributed by atoms with Gasteiger partial charge in [0.15, 0.2) is 0 Å². The van der Waals surface area contributed by atoms with Crippen LogP contribution in [-0.4, -0.2) is 30.4 Å². The molecule has 2 rings (SSSR count). The quantitative estimate of drug-likeness (QED) is 0.815. The van der Waals surface area contributed by atoms with Crippen molar-refractivity contribution < 1.29 is 9.18 Å². The Hall–Kier alpha value is -1.93. The van der Waals surface area contributed by atoms with Crippen LogP contribution in [0.25, 0.3) is 0 Å². The molecule has 1 aromatic rings. The lowest BCUT2D eigenvalue weighted by Gasteiger charge is -2.26. The molecule has 1 amide bonds. The molecule has 1 fully saturated rings. The van der Waals surface area contributed by atoms with Crippen molar-refractivity contribution in [3.05, 3.63) is 35.1 Å². The highest BCUT2D eigenvalue weighted by atomic mass is 19.1. The molecule has 0 bridgehead atoms. The van der Waals surface area contributed by atoms with Crippen LogP contribution in [0.1, 0.15) is 11.1 Å². The Labute approximate surface area is 98.6 Å². The molecular weight excluding hydrogens is 221 g/mol. The number of piperazine rings is 1. The summed E-state index contributed by atoms with van der Waals surface area (Å²) < 4.78 is 13.6. The Morgan fingerprint density at radius 3 is 3.00 bits per heavy atom. The molecule has 88 valence electrons. The highest BCUT2D eigenvalue weighted by Crippen LogP contribution is 2.13. The Morgan fingerprint density at radius 1 is 1.53 bits per heavy atom. The van der Waals surface area contributed by atoms with Gasteiger partial charge in [-0.1, -0.05) is 6.07 Å². The molecule has 4 nitrogen and oxygen atoms in total. The molecule has 1 heterocycles. The summed E-state index contributed by atoms with van der Waals surface area (Å²) in [5.74, 6) is -0.430. The first-order valence-corrected chi connectivity index (χ1v) is 5.36. The predicted octanol–water partition coefficient (Wildman–Crippen LogP) is 0.629. The number of carbonyl (C=O) groups excluding carboxylic acids is 1. The first kappa shape index (κ1) is 11.6. The third kappa shape index (κ3) is 2.80. The lowest BCUT2D eigenvalue weighted by atomic mass is 10.1. The van der Waals surface area contributed by atoms with Crippen molar-refractivity contribution >= 4 is 5.91 Å². The molecule has 0 atom stereocenters. The van der Waals surface area contributed by atoms with Crippen molar-refractivity contribution in [1.29, 1.82) is 5.26 Å². The van der Waals surface area contributed by atoms with Gasteiger partial charge in [-0.15, -0.1) is 0 Å². The molecule has 1 saturated heterocycles. The van der Waals surface area contributed by atoms with Crippen molar-refractivity contribution in [1.82, 2.24) is 10.2 Å². The Bertz CT molecular complexity index is 481. The summed E-state index contributed by atoms with van der Waals surface area (Å²) in [6, 6.07) is 6.29. The number of nitrogens with one attached hydrogen (secondary N) is 1. The predicted molar refractivity (Wildman–Crippen MR) is 59.4 cm³/mol. The highest BCUT2D eigenvalue weighted by Gasteiger charge is 2.17. The number of hydrogen-bond acceptors (Lipinski definition) is 3. The number of benzene rings is 1. The zero-order valence-corrected chi connectivity index (χ0v) is 9.24. The molecule has 0 aliphatic carbocycles. The molecule has 1 aliphatic rings. The minimum absolute atomic E-state index is 0.0368. The van der Waals surface area contributed by atoms with Gasteiger partial charge in [0.25, 0.3) is 0 Å². The molecule has 0 aromatic heterocycles. The topological polar surface area (TPSA) is 56.1 Å². The second kappa shape index (κ2) is 4.93. The molecule has 0 radical (unpaired) electrons. The molecule has 1 N–H and O–H groups in total. The van der Waals surface area contributed by atoms with E-state index in [9.17, 15) is 9.18 Å². The number of rotatable bonds is 2. The van der Waals surface area contributed by atoms with Gasteiger partial charge < -0.3 is 5.32 Å². The number of nitriles is 1. The second-order valence-corrected chi connectivity index (χ2v) is 3.98. The molecule has 5 heteroatoms. The van der Waals surface area contributed by atoms with Crippen LogP contribution in [-0.2, 0) is 11.3 Å². The maximum Gasteiger partial charge on any atom is 0.234 e. The van der Waals surface area contributed by atoms with Crippen LogP contribution in [0.2, 0.25) is 0 Å². The second-order valence-electron chi connectivity index (χ2n) is 3.98. The van der Waals surface area contributed by atoms with Crippen molar-refractivity contribution in [3.63, 3.8) is 0 Å². The van der Waals surface area contributed by atoms with Crippen molar-refractivity contribution in [2.45, 2.75) is 6.54 Å². The molecule has 0 spiro atoms. The standard InChI is InChI=1S/C12H12FN3O/c13-11-5-9(6-14)1-2-10(11)7-16-4-3-15-12(17)8-16/h1-2,5H,3-4,7-8H2,(H,15,17). The summed E-state index contributed by atoms with van der Waals surface area (Å²) in [7, 11) is 0. The van der Waals surface area contributed by atoms with E-state index >= 15 is 0 Å². The zero-order valence-electron chi connectivity index (χ0n) is 9.24. The molecule has 17 heavy (non-hydrogen) atoms. The van der Waals surface area contributed by atoms with Crippen molar-refractivity contribution in [3.8, 4) is 6.07 Å². The SMILES string of the molecule is N#Cc1ccc(CN2CCNC(=O)C2)c(F)c1. The first-order valence-electron chi connectivity index (χ1n) is 5.36. The summed E-state index contributed by atoms with van der Waals surface area (Å²) >= 11 is 0. The summed E-state index contributed by atoms with van der Waals surface area (Å²) in [6.07, 6.45) is 0. The summed E-state index contributed by atoms with van der Waals surface area (Å²) in [4.78, 5) is 13.0. The van der Waals surface area contributed by atoms with Gasteiger partial charge in [0.1, 0.15) is 5.82 Å². The molecule has 0 unspecified atom stereocenters. The van der Waals surface area contributed by atoms with E-state index in [4.69, 9.17) is 5.26 Å². The first-order chi connectivity index (χ1) is 8.19. The average molecular weight is 233 g/mol. The smallest absolute Gasteiger partial charge is 0.234 e. The van der Waals surface area contributed by atoms with E-state index in [1.165, 1.54) is 6.07 Å². The van der Waals surface area contributed by atoms with Gasteiger partial charge in [0.05, 0.1) is 18.2 Å². The van der Waals surface area contributed by atoms with Crippen LogP contribution in [0, 0.1) is 17.1 Å². The van der Waals surface area contributed by atoms with Crippen LogP contribution in [0.4, 0.5) is 4.39 Å². The third-order valence-corrected chi connectivity index (χ3v) is 2.69. The van der Waals surface area contributed by atoms with Gasteiger partial charge in [-0.2, -0.15) is 5.26 Å². The molecule has 0 saturated carbocycles. The fourth-order valence-corrected chi connectivity index (χ4v) is 1.81. The Balaban J connectivity index is 2.08. The normalized spacial score (nSPS) is 16.4. The molecule has 1 aromatic carbocycles. The van der Waals surface area contributed by atoms with Crippen LogP contribution in [0.5, 0.6) is 0 Å². The minimum Gasteiger partial charge on any atom is -0.354 e. The monoisotopic (exact) mass is 233 g/mol. The van der Waals surface area contributed by atoms with Crippen LogP contribution in [0.15, 0.2) is 18.2 Å². The number of halogens is 1. The van der Waals surface area contributed by atoms with E-state index in [2.05, 4.69) is 5.32 Å². The van der Waals surface area contributed by atoms with Gasteiger partial charge in [-0.05, 0) is 12.1 Å². The van der Waals surface area contributed by atoms with Crippen LogP contribution >= 0.6 is 0 Å². The van der Waals surface area contributed by atoms with Gasteiger partial charge in [0.2, 0.25) is 5.91 Å². The van der Waals surface area contributed by atoms with E-state index in [0.717, 1.165) is 0 Å². The van der Waals surface area contributed by atoms with Gasteiger partial charge in [0, 0.05) is 25.2 Å². The van der Waals surface area contributed by atoms with Crippen LogP contribution < -0.4 is 5.32 Å². The molecular formula is C12H12FN3O. The van der Waals surface area contributed by atoms with Crippen molar-refractivity contribution in [2.24, 2.45) is 0 Å². The number of hydrogen-bond donors (Lipinski definition) is 1. The Kier molecular flexibility index (Phi) is 3.35. The number of nitrogens with zero attached hydrogens (tertiary/aromatic N) is 2. The zero-order chi connectivity index (χ0) is 12.3. The summed E-state index contributed by atoms with van der Waals surface area (Å²) in [5.41, 5.74) is 0.821. The fourth-order valence-electron chi connectivity index (χ4n) is 1.81. The van der Waals surface area contributed by atoms with E-state index in [0.29, 0.717) is 37.3 Å². The van der Waals surface area contributed by atoms with E-state index < -0.39 is 5.82 Å². The maximum absolute atomic E-state index is 13.6. The van der Waals surface area contributed by atoms with E-state index in [1.807, 2.05) is 11.0 Å². The Morgan fingerprint density at radius 2 is 2.35 bits per heavy atom. The van der Waals surface area contributed by atoms with Crippen molar-refractivity contribution in [2.75, 3.05) is 19.6 Å². The summed E-state index contributed by atoms with van der Waals surface area (Å²) in [5, 5.41) is 11.3. The third-order valence-electron chi connectivity index (χ3n) is 2.69. The minimum atomic E-state index is -0.393. The van der Waals surface area contributed by atoms with Gasteiger partial charge in [-0.25, -0.2) is 4.39 Å². The lowest BCUT2D eigenvalue weighted by molar-refractivity contribution is -0.124. The summed E-state index contributed by atoms with van der Waals surface area (Å²) in [6.45, 7) is 1.99. The number of amides is 1. The van der Waals surface area contributed by atoms with Gasteiger partial charge in [-0.3, -0.25) is 9.69 Å². The van der Waals surface area contributed by atoms with Crippen LogP contribution in [0.3, 0.4) is 0 Å². The molecule has 1 aliphatic heterocycles. The average Bonchev–Trinajstić information content (AvgIpc) is 2.32. The maximum atomic E-state index is 13.6. The number of carbonyl (C=O) groups is 1. The fraction of sp³-hybridized carbons (Fsp3) is 0.333. The lowest BCUT2D eigenvalue weighted by Crippen LogP contribution is -2.47. The van der Waals surface area contributed by atoms with Gasteiger partial charge >= 0.3 is 0 Å². The van der Waals surface area contributed by atoms with E-state index in [1.54, 1.807) is 12.1 Å². The largest absolute Gasteiger partial charge is 0.354 e. The highest BCUT2D eigenvalue weighted by molar-refractivity contribution is 5.78. The van der Waals surface area contributed by atoms with E-state index in [-0.39, 0.29) is 5.91 Å².